The molecule has 26 heavy (non-hydrogen) atoms. The number of nitrogens with zero attached hydrogens (tertiary/aromatic N) is 5. The Morgan fingerprint density at radius 2 is 1.96 bits per heavy atom. The number of carbonyl (C=O) groups is 1. The summed E-state index contributed by atoms with van der Waals surface area (Å²) in [6.45, 7) is 1.93. The highest BCUT2D eigenvalue weighted by Gasteiger charge is 2.14. The summed E-state index contributed by atoms with van der Waals surface area (Å²) in [7, 11) is 3.42. The van der Waals surface area contributed by atoms with E-state index in [1.807, 2.05) is 6.92 Å². The summed E-state index contributed by atoms with van der Waals surface area (Å²) in [5, 5.41) is 6.87. The Morgan fingerprint density at radius 1 is 1.23 bits per heavy atom. The zero-order chi connectivity index (χ0) is 18.7. The van der Waals surface area contributed by atoms with Crippen LogP contribution in [0.3, 0.4) is 0 Å². The van der Waals surface area contributed by atoms with Crippen molar-refractivity contribution in [2.45, 2.75) is 13.3 Å². The predicted octanol–water partition coefficient (Wildman–Crippen LogP) is 2.12. The minimum absolute atomic E-state index is 0.0626. The van der Waals surface area contributed by atoms with E-state index >= 15 is 0 Å². The molecule has 3 aromatic rings. The van der Waals surface area contributed by atoms with Crippen LogP contribution in [0.25, 0.3) is 11.5 Å². The molecule has 9 nitrogen and oxygen atoms in total. The first-order chi connectivity index (χ1) is 12.5. The SMILES string of the molecule is CCc1noc(-c2cnc(Nc3ccc(C(=O)N(C)C)cc3)nc2N)n1. The fourth-order valence-corrected chi connectivity index (χ4v) is 2.21. The lowest BCUT2D eigenvalue weighted by Gasteiger charge is -2.11. The highest BCUT2D eigenvalue weighted by Crippen LogP contribution is 2.24. The zero-order valence-electron chi connectivity index (χ0n) is 14.7. The van der Waals surface area contributed by atoms with Crippen molar-refractivity contribution in [3.8, 4) is 11.5 Å². The average molecular weight is 353 g/mol. The first-order valence-corrected chi connectivity index (χ1v) is 8.02. The Hall–Kier alpha value is -3.49. The van der Waals surface area contributed by atoms with Crippen molar-refractivity contribution in [2.24, 2.45) is 0 Å². The molecule has 0 unspecified atom stereocenters. The van der Waals surface area contributed by atoms with E-state index in [0.29, 0.717) is 29.3 Å². The summed E-state index contributed by atoms with van der Waals surface area (Å²) in [6.07, 6.45) is 2.19. The van der Waals surface area contributed by atoms with Gasteiger partial charge in [0.25, 0.3) is 11.8 Å². The van der Waals surface area contributed by atoms with Crippen molar-refractivity contribution in [3.05, 3.63) is 41.9 Å². The Kier molecular flexibility index (Phi) is 4.78. The van der Waals surface area contributed by atoms with Gasteiger partial charge < -0.3 is 20.5 Å². The van der Waals surface area contributed by atoms with Crippen LogP contribution in [0, 0.1) is 0 Å². The number of nitrogen functional groups attached to an aromatic ring is 1. The van der Waals surface area contributed by atoms with Crippen LogP contribution in [0.2, 0.25) is 0 Å². The molecule has 0 saturated carbocycles. The Morgan fingerprint density at radius 3 is 2.54 bits per heavy atom. The third kappa shape index (κ3) is 3.61. The molecule has 0 atom stereocenters. The van der Waals surface area contributed by atoms with Gasteiger partial charge in [-0.2, -0.15) is 9.97 Å². The third-order valence-corrected chi connectivity index (χ3v) is 3.63. The molecule has 0 radical (unpaired) electrons. The fraction of sp³-hybridized carbons (Fsp3) is 0.235. The van der Waals surface area contributed by atoms with Gasteiger partial charge in [0.15, 0.2) is 5.82 Å². The van der Waals surface area contributed by atoms with Gasteiger partial charge in [0.05, 0.1) is 0 Å². The first-order valence-electron chi connectivity index (χ1n) is 8.02. The minimum Gasteiger partial charge on any atom is -0.383 e. The number of aryl methyl sites for hydroxylation is 1. The van der Waals surface area contributed by atoms with Crippen LogP contribution in [0.15, 0.2) is 35.0 Å². The van der Waals surface area contributed by atoms with Crippen LogP contribution in [0.4, 0.5) is 17.5 Å². The van der Waals surface area contributed by atoms with E-state index in [9.17, 15) is 4.79 Å². The monoisotopic (exact) mass is 353 g/mol. The van der Waals surface area contributed by atoms with Gasteiger partial charge >= 0.3 is 0 Å². The number of carbonyl (C=O) groups excluding carboxylic acids is 1. The quantitative estimate of drug-likeness (QED) is 0.715. The number of hydrogen-bond acceptors (Lipinski definition) is 8. The highest BCUT2D eigenvalue weighted by molar-refractivity contribution is 5.94. The van der Waals surface area contributed by atoms with Crippen molar-refractivity contribution in [1.29, 1.82) is 0 Å². The lowest BCUT2D eigenvalue weighted by molar-refractivity contribution is 0.0827. The molecule has 0 fully saturated rings. The number of hydrogen-bond donors (Lipinski definition) is 2. The molecule has 0 bridgehead atoms. The largest absolute Gasteiger partial charge is 0.383 e. The summed E-state index contributed by atoms with van der Waals surface area (Å²) in [5.41, 5.74) is 7.80. The van der Waals surface area contributed by atoms with Gasteiger partial charge in [-0.15, -0.1) is 0 Å². The normalized spacial score (nSPS) is 10.6. The molecule has 3 rings (SSSR count). The lowest BCUT2D eigenvalue weighted by Crippen LogP contribution is -2.21. The van der Waals surface area contributed by atoms with Crippen LogP contribution in [0.5, 0.6) is 0 Å². The van der Waals surface area contributed by atoms with Crippen LogP contribution in [-0.2, 0) is 6.42 Å². The molecule has 9 heteroatoms. The van der Waals surface area contributed by atoms with Gasteiger partial charge in [-0.25, -0.2) is 4.98 Å². The average Bonchev–Trinajstić information content (AvgIpc) is 3.10. The number of nitrogens with one attached hydrogen (secondary N) is 1. The summed E-state index contributed by atoms with van der Waals surface area (Å²) in [6, 6.07) is 7.01. The summed E-state index contributed by atoms with van der Waals surface area (Å²) < 4.78 is 5.16. The van der Waals surface area contributed by atoms with Gasteiger partial charge in [-0.1, -0.05) is 12.1 Å². The summed E-state index contributed by atoms with van der Waals surface area (Å²) in [5.74, 6) is 1.38. The highest BCUT2D eigenvalue weighted by atomic mass is 16.5. The van der Waals surface area contributed by atoms with Crippen molar-refractivity contribution in [2.75, 3.05) is 25.1 Å². The van der Waals surface area contributed by atoms with E-state index in [4.69, 9.17) is 10.3 Å². The number of rotatable bonds is 5. The molecule has 3 N–H and O–H groups in total. The molecule has 134 valence electrons. The third-order valence-electron chi connectivity index (χ3n) is 3.63. The Bertz CT molecular complexity index is 919. The standard InChI is InChI=1S/C17H19N7O2/c1-4-13-21-15(26-23-13)12-9-19-17(22-14(12)18)20-11-7-5-10(6-8-11)16(25)24(2)3/h5-9H,4H2,1-3H3,(H3,18,19,20,22). The summed E-state index contributed by atoms with van der Waals surface area (Å²) in [4.78, 5) is 26.1. The molecule has 2 heterocycles. The molecular weight excluding hydrogens is 334 g/mol. The first kappa shape index (κ1) is 17.3. The van der Waals surface area contributed by atoms with E-state index in [-0.39, 0.29) is 17.6 Å². The van der Waals surface area contributed by atoms with Gasteiger partial charge in [-0.3, -0.25) is 4.79 Å². The molecule has 0 aliphatic carbocycles. The van der Waals surface area contributed by atoms with E-state index in [1.54, 1.807) is 38.4 Å². The van der Waals surface area contributed by atoms with E-state index in [0.717, 1.165) is 5.69 Å². The van der Waals surface area contributed by atoms with Crippen LogP contribution in [-0.4, -0.2) is 45.0 Å². The van der Waals surface area contributed by atoms with E-state index < -0.39 is 0 Å². The van der Waals surface area contributed by atoms with Gasteiger partial charge in [0.2, 0.25) is 5.95 Å². The van der Waals surface area contributed by atoms with Crippen LogP contribution in [0.1, 0.15) is 23.1 Å². The van der Waals surface area contributed by atoms with Gasteiger partial charge in [0.1, 0.15) is 11.4 Å². The Labute approximate surface area is 150 Å². The van der Waals surface area contributed by atoms with Gasteiger partial charge in [-0.05, 0) is 24.3 Å². The molecule has 0 spiro atoms. The number of aromatic nitrogens is 4. The van der Waals surface area contributed by atoms with E-state index in [1.165, 1.54) is 11.1 Å². The van der Waals surface area contributed by atoms with Crippen LogP contribution >= 0.6 is 0 Å². The molecule has 0 aliphatic heterocycles. The fourth-order valence-electron chi connectivity index (χ4n) is 2.21. The van der Waals surface area contributed by atoms with Crippen molar-refractivity contribution >= 4 is 23.4 Å². The molecule has 1 aromatic carbocycles. The molecule has 2 aromatic heterocycles. The van der Waals surface area contributed by atoms with Crippen LogP contribution < -0.4 is 11.1 Å². The Balaban J connectivity index is 1.76. The predicted molar refractivity (Wildman–Crippen MR) is 96.9 cm³/mol. The maximum Gasteiger partial charge on any atom is 0.263 e. The molecule has 1 amide bonds. The maximum atomic E-state index is 11.9. The molecule has 0 aliphatic rings. The molecule has 0 saturated heterocycles. The minimum atomic E-state index is -0.0626. The lowest BCUT2D eigenvalue weighted by atomic mass is 10.2. The number of benzene rings is 1. The summed E-state index contributed by atoms with van der Waals surface area (Å²) >= 11 is 0. The van der Waals surface area contributed by atoms with E-state index in [2.05, 4.69) is 25.4 Å². The number of nitrogens with two attached hydrogens (primary N) is 1. The smallest absolute Gasteiger partial charge is 0.263 e. The number of amides is 1. The zero-order valence-corrected chi connectivity index (χ0v) is 14.7. The number of anilines is 3. The molecular formula is C17H19N7O2. The second-order valence-electron chi connectivity index (χ2n) is 5.76. The van der Waals surface area contributed by atoms with Crippen molar-refractivity contribution in [3.63, 3.8) is 0 Å². The van der Waals surface area contributed by atoms with Crippen molar-refractivity contribution < 1.29 is 9.32 Å². The van der Waals surface area contributed by atoms with Crippen molar-refractivity contribution in [1.82, 2.24) is 25.0 Å². The topological polar surface area (TPSA) is 123 Å². The second kappa shape index (κ2) is 7.18. The second-order valence-corrected chi connectivity index (χ2v) is 5.76. The maximum absolute atomic E-state index is 11.9. The van der Waals surface area contributed by atoms with Gasteiger partial charge in [0, 0.05) is 38.0 Å².